The molecule has 6 heteroatoms. The van der Waals surface area contributed by atoms with Gasteiger partial charge in [0.05, 0.1) is 0 Å². The topological polar surface area (TPSA) is 48.0 Å². The molecular weight excluding hydrogens is 319 g/mol. The Kier molecular flexibility index (Phi) is 8.76. The molecule has 5 nitrogen and oxygen atoms in total. The van der Waals surface area contributed by atoms with Crippen LogP contribution in [-0.4, -0.2) is 76.8 Å². The fourth-order valence-corrected chi connectivity index (χ4v) is 3.88. The van der Waals surface area contributed by atoms with Gasteiger partial charge in [0.25, 0.3) is 0 Å². The fraction of sp³-hybridized carbons (Fsp3) is 0.929. The van der Waals surface area contributed by atoms with E-state index in [0.717, 1.165) is 38.1 Å². The molecule has 0 spiro atoms. The summed E-state index contributed by atoms with van der Waals surface area (Å²) >= 11 is -1.62. The third-order valence-corrected chi connectivity index (χ3v) is 6.90. The molecule has 0 aromatic rings. The van der Waals surface area contributed by atoms with E-state index in [1.165, 1.54) is 0 Å². The van der Waals surface area contributed by atoms with Gasteiger partial charge in [-0.05, 0) is 0 Å². The van der Waals surface area contributed by atoms with Gasteiger partial charge in [-0.2, -0.15) is 0 Å². The molecule has 0 bridgehead atoms. The van der Waals surface area contributed by atoms with E-state index in [4.69, 9.17) is 14.2 Å². The van der Waals surface area contributed by atoms with Gasteiger partial charge in [0.1, 0.15) is 0 Å². The first-order valence-corrected chi connectivity index (χ1v) is 15.3. The van der Waals surface area contributed by atoms with Crippen molar-refractivity contribution in [3.05, 3.63) is 0 Å². The first kappa shape index (κ1) is 17.9. The molecule has 1 aliphatic heterocycles. The summed E-state index contributed by atoms with van der Waals surface area (Å²) in [7, 11) is 0. The van der Waals surface area contributed by atoms with Crippen molar-refractivity contribution in [2.45, 2.75) is 28.9 Å². The third kappa shape index (κ3) is 9.74. The number of carbonyl (C=O) groups excluding carboxylic acids is 1. The van der Waals surface area contributed by atoms with Crippen molar-refractivity contribution < 1.29 is 19.0 Å². The molecule has 0 N–H and O–H groups in total. The van der Waals surface area contributed by atoms with Crippen LogP contribution in [0.3, 0.4) is 0 Å². The van der Waals surface area contributed by atoms with Gasteiger partial charge in [0.2, 0.25) is 0 Å². The molecule has 20 heavy (non-hydrogen) atoms. The molecule has 1 rings (SSSR count). The average Bonchev–Trinajstić information content (AvgIpc) is 2.49. The zero-order valence-corrected chi connectivity index (χ0v) is 15.2. The molecule has 0 aromatic heterocycles. The van der Waals surface area contributed by atoms with Crippen LogP contribution in [0.1, 0.15) is 6.42 Å². The van der Waals surface area contributed by atoms with E-state index in [2.05, 4.69) is 22.2 Å². The van der Waals surface area contributed by atoms with Gasteiger partial charge in [0.15, 0.2) is 0 Å². The van der Waals surface area contributed by atoms with Crippen LogP contribution in [0.5, 0.6) is 0 Å². The second-order valence-electron chi connectivity index (χ2n) is 6.35. The number of esters is 1. The van der Waals surface area contributed by atoms with Crippen LogP contribution in [-0.2, 0) is 19.0 Å². The van der Waals surface area contributed by atoms with Crippen molar-refractivity contribution in [3.8, 4) is 0 Å². The molecule has 1 heterocycles. The van der Waals surface area contributed by atoms with Crippen molar-refractivity contribution in [1.82, 2.24) is 4.90 Å². The van der Waals surface area contributed by atoms with Crippen LogP contribution in [0.15, 0.2) is 0 Å². The van der Waals surface area contributed by atoms with Crippen LogP contribution in [0.2, 0.25) is 22.5 Å². The van der Waals surface area contributed by atoms with Gasteiger partial charge in [-0.1, -0.05) is 0 Å². The van der Waals surface area contributed by atoms with Crippen LogP contribution in [0.25, 0.3) is 0 Å². The maximum atomic E-state index is 11.6. The van der Waals surface area contributed by atoms with Crippen LogP contribution < -0.4 is 0 Å². The Morgan fingerprint density at radius 1 is 1.10 bits per heavy atom. The molecule has 1 aliphatic rings. The quantitative estimate of drug-likeness (QED) is 0.539. The Balaban J connectivity index is 2.13. The molecule has 0 aromatic carbocycles. The summed E-state index contributed by atoms with van der Waals surface area (Å²) < 4.78 is 16.2. The number of hydrogen-bond acceptors (Lipinski definition) is 5. The Morgan fingerprint density at radius 3 is 2.25 bits per heavy atom. The van der Waals surface area contributed by atoms with Crippen LogP contribution in [0.4, 0.5) is 0 Å². The van der Waals surface area contributed by atoms with E-state index in [1.807, 2.05) is 0 Å². The van der Waals surface area contributed by atoms with Crippen molar-refractivity contribution >= 4 is 19.2 Å². The van der Waals surface area contributed by atoms with Crippen molar-refractivity contribution in [3.63, 3.8) is 0 Å². The number of hydrogen-bond donors (Lipinski definition) is 0. The Morgan fingerprint density at radius 2 is 1.70 bits per heavy atom. The predicted octanol–water partition coefficient (Wildman–Crippen LogP) is 1.61. The Hall–Kier alpha value is -0.107. The molecular formula is C14H29GeNO4. The second kappa shape index (κ2) is 9.76. The van der Waals surface area contributed by atoms with Gasteiger partial charge in [-0.25, -0.2) is 0 Å². The number of ether oxygens (including phenoxy) is 3. The summed E-state index contributed by atoms with van der Waals surface area (Å²) in [5, 5.41) is 1.05. The molecule has 0 unspecified atom stereocenters. The van der Waals surface area contributed by atoms with Gasteiger partial charge >= 0.3 is 125 Å². The summed E-state index contributed by atoms with van der Waals surface area (Å²) in [6.07, 6.45) is 0.579. The van der Waals surface area contributed by atoms with E-state index in [1.54, 1.807) is 0 Å². The summed E-state index contributed by atoms with van der Waals surface area (Å²) in [4.78, 5) is 13.9. The monoisotopic (exact) mass is 349 g/mol. The predicted molar refractivity (Wildman–Crippen MR) is 81.8 cm³/mol. The fourth-order valence-electron chi connectivity index (χ4n) is 1.88. The zero-order valence-electron chi connectivity index (χ0n) is 13.2. The van der Waals surface area contributed by atoms with Gasteiger partial charge in [-0.3, -0.25) is 0 Å². The average molecular weight is 348 g/mol. The molecule has 0 amide bonds. The van der Waals surface area contributed by atoms with Crippen LogP contribution in [0, 0.1) is 0 Å². The summed E-state index contributed by atoms with van der Waals surface area (Å²) in [5.41, 5.74) is 0. The molecule has 0 atom stereocenters. The van der Waals surface area contributed by atoms with Crippen molar-refractivity contribution in [2.75, 3.05) is 52.7 Å². The second-order valence-corrected chi connectivity index (χ2v) is 18.1. The normalized spacial score (nSPS) is 18.9. The van der Waals surface area contributed by atoms with E-state index in [9.17, 15) is 4.79 Å². The SMILES string of the molecule is [CH3][Ge]([CH3])([CH3])[CH2]CC(=O)OCCN1CCOCCOCC1. The number of rotatable bonds is 6. The summed E-state index contributed by atoms with van der Waals surface area (Å²) in [5.74, 6) is 6.89. The van der Waals surface area contributed by atoms with E-state index in [0.29, 0.717) is 26.2 Å². The molecule has 0 aliphatic carbocycles. The number of nitrogens with zero attached hydrogens (tertiary/aromatic N) is 1. The van der Waals surface area contributed by atoms with Gasteiger partial charge in [-0.15, -0.1) is 0 Å². The van der Waals surface area contributed by atoms with Crippen LogP contribution >= 0.6 is 0 Å². The summed E-state index contributed by atoms with van der Waals surface area (Å²) in [6.45, 7) is 5.74. The van der Waals surface area contributed by atoms with Gasteiger partial charge in [0, 0.05) is 0 Å². The molecule has 0 saturated carbocycles. The third-order valence-electron chi connectivity index (χ3n) is 3.23. The van der Waals surface area contributed by atoms with Gasteiger partial charge < -0.3 is 0 Å². The Bertz CT molecular complexity index is 271. The number of carbonyl (C=O) groups is 1. The molecule has 1 fully saturated rings. The van der Waals surface area contributed by atoms with E-state index in [-0.39, 0.29) is 5.97 Å². The molecule has 0 radical (unpaired) electrons. The zero-order chi connectivity index (χ0) is 14.8. The standard InChI is InChI=1S/C14H29GeNO4/c1-15(2,3)5-4-14(17)20-11-8-16-6-9-18-12-13-19-10-7-16/h4-13H2,1-3H3. The van der Waals surface area contributed by atoms with E-state index >= 15 is 0 Å². The van der Waals surface area contributed by atoms with Crippen molar-refractivity contribution in [1.29, 1.82) is 0 Å². The first-order chi connectivity index (χ1) is 9.47. The van der Waals surface area contributed by atoms with E-state index < -0.39 is 13.3 Å². The first-order valence-electron chi connectivity index (χ1n) is 7.51. The molecule has 118 valence electrons. The minimum absolute atomic E-state index is 0.0534. The Labute approximate surface area is 125 Å². The maximum absolute atomic E-state index is 11.6. The minimum atomic E-state index is -1.62. The van der Waals surface area contributed by atoms with Crippen molar-refractivity contribution in [2.24, 2.45) is 0 Å². The molecule has 1 saturated heterocycles. The summed E-state index contributed by atoms with van der Waals surface area (Å²) in [6, 6.07) is 0.